The van der Waals surface area contributed by atoms with Gasteiger partial charge in [-0.25, -0.2) is 14.4 Å². The Balaban J connectivity index is 1.52. The molecule has 2 aliphatic rings. The number of hydrogen-bond acceptors (Lipinski definition) is 6. The third-order valence-corrected chi connectivity index (χ3v) is 5.92. The van der Waals surface area contributed by atoms with Crippen LogP contribution in [0, 0.1) is 12.7 Å². The van der Waals surface area contributed by atoms with E-state index < -0.39 is 36.5 Å². The van der Waals surface area contributed by atoms with Gasteiger partial charge in [-0.3, -0.25) is 0 Å². The lowest BCUT2D eigenvalue weighted by atomic mass is 9.92. The largest absolute Gasteiger partial charge is 0.387 e. The Labute approximate surface area is 170 Å². The van der Waals surface area contributed by atoms with E-state index in [1.165, 1.54) is 17.1 Å². The Morgan fingerprint density at radius 3 is 2.90 bits per heavy atom. The first-order chi connectivity index (χ1) is 14.0. The molecular formula is C20H19ClFN3O4. The van der Waals surface area contributed by atoms with Crippen molar-refractivity contribution in [1.29, 1.82) is 0 Å². The fourth-order valence-corrected chi connectivity index (χ4v) is 4.46. The number of nitrogens with zero attached hydrogens (tertiary/aromatic N) is 3. The molecule has 1 saturated heterocycles. The normalized spacial score (nSPS) is 29.3. The van der Waals surface area contributed by atoms with Gasteiger partial charge in [-0.2, -0.15) is 0 Å². The van der Waals surface area contributed by atoms with Gasteiger partial charge in [0, 0.05) is 11.2 Å². The lowest BCUT2D eigenvalue weighted by molar-refractivity contribution is -0.113. The van der Waals surface area contributed by atoms with E-state index in [1.807, 2.05) is 12.1 Å². The number of aryl methyl sites for hydroxylation is 1. The van der Waals surface area contributed by atoms with Crippen LogP contribution in [0.3, 0.4) is 0 Å². The molecule has 0 radical (unpaired) electrons. The highest BCUT2D eigenvalue weighted by atomic mass is 35.5. The van der Waals surface area contributed by atoms with Crippen molar-refractivity contribution in [3.05, 3.63) is 58.4 Å². The van der Waals surface area contributed by atoms with Crippen molar-refractivity contribution >= 4 is 22.6 Å². The van der Waals surface area contributed by atoms with Crippen LogP contribution < -0.4 is 0 Å². The van der Waals surface area contributed by atoms with Crippen LogP contribution in [0.25, 0.3) is 11.0 Å². The Bertz CT molecular complexity index is 1090. The summed E-state index contributed by atoms with van der Waals surface area (Å²) in [5, 5.41) is 22.3. The second-order valence-electron chi connectivity index (χ2n) is 7.40. The Morgan fingerprint density at radius 1 is 1.24 bits per heavy atom. The smallest absolute Gasteiger partial charge is 0.164 e. The van der Waals surface area contributed by atoms with Gasteiger partial charge in [0.05, 0.1) is 17.7 Å². The third kappa shape index (κ3) is 2.94. The molecule has 0 aliphatic carbocycles. The van der Waals surface area contributed by atoms with Crippen molar-refractivity contribution in [2.75, 3.05) is 6.61 Å². The van der Waals surface area contributed by atoms with E-state index in [-0.39, 0.29) is 5.39 Å². The standard InChI is InChI=1S/C20H19ClFN3O4/c1-9-14-13(22)7-25(19(14)24-8-23-9)20-16(27)15(26)18(29-20)17-12-3-2-11(21)6-10(12)4-5-28-17/h2-3,6-8,15-18,20,26-27H,4-5H2,1H3/t15-,16+,17+,18-,20+/m0/s1. The van der Waals surface area contributed by atoms with Gasteiger partial charge in [0.1, 0.15) is 36.4 Å². The second-order valence-corrected chi connectivity index (χ2v) is 7.84. The Kier molecular flexibility index (Phi) is 4.56. The maximum Gasteiger partial charge on any atom is 0.164 e. The number of aliphatic hydroxyl groups excluding tert-OH is 2. The summed E-state index contributed by atoms with van der Waals surface area (Å²) < 4.78 is 27.8. The summed E-state index contributed by atoms with van der Waals surface area (Å²) in [7, 11) is 0. The van der Waals surface area contributed by atoms with Crippen molar-refractivity contribution in [3.63, 3.8) is 0 Å². The van der Waals surface area contributed by atoms with E-state index in [0.29, 0.717) is 29.4 Å². The van der Waals surface area contributed by atoms with Crippen LogP contribution in [0.1, 0.15) is 29.2 Å². The van der Waals surface area contributed by atoms with Crippen LogP contribution in [0.4, 0.5) is 4.39 Å². The minimum Gasteiger partial charge on any atom is -0.387 e. The van der Waals surface area contributed by atoms with Crippen LogP contribution in [0.5, 0.6) is 0 Å². The lowest BCUT2D eigenvalue weighted by Gasteiger charge is -2.31. The van der Waals surface area contributed by atoms with Gasteiger partial charge in [0.15, 0.2) is 12.0 Å². The van der Waals surface area contributed by atoms with Crippen molar-refractivity contribution in [3.8, 4) is 0 Å². The molecule has 5 rings (SSSR count). The predicted molar refractivity (Wildman–Crippen MR) is 102 cm³/mol. The number of hydrogen-bond donors (Lipinski definition) is 2. The van der Waals surface area contributed by atoms with Crippen molar-refractivity contribution < 1.29 is 24.1 Å². The topological polar surface area (TPSA) is 89.6 Å². The molecule has 7 nitrogen and oxygen atoms in total. The number of rotatable bonds is 2. The number of ether oxygens (including phenoxy) is 2. The molecule has 1 fully saturated rings. The summed E-state index contributed by atoms with van der Waals surface area (Å²) >= 11 is 6.10. The van der Waals surface area contributed by atoms with Gasteiger partial charge in [0.25, 0.3) is 0 Å². The average molecular weight is 420 g/mol. The molecule has 5 atom stereocenters. The summed E-state index contributed by atoms with van der Waals surface area (Å²) in [4.78, 5) is 8.16. The quantitative estimate of drug-likeness (QED) is 0.663. The number of aliphatic hydroxyl groups is 2. The first-order valence-corrected chi connectivity index (χ1v) is 9.72. The van der Waals surface area contributed by atoms with E-state index in [9.17, 15) is 14.6 Å². The van der Waals surface area contributed by atoms with E-state index in [0.717, 1.165) is 11.1 Å². The van der Waals surface area contributed by atoms with Gasteiger partial charge in [-0.15, -0.1) is 0 Å². The molecule has 9 heteroatoms. The second kappa shape index (κ2) is 7.00. The van der Waals surface area contributed by atoms with Crippen LogP contribution in [-0.2, 0) is 15.9 Å². The molecule has 0 saturated carbocycles. The highest BCUT2D eigenvalue weighted by Crippen LogP contribution is 2.42. The summed E-state index contributed by atoms with van der Waals surface area (Å²) in [6, 6.07) is 5.47. The summed E-state index contributed by atoms with van der Waals surface area (Å²) in [5.74, 6) is -0.513. The number of aromatic nitrogens is 3. The van der Waals surface area contributed by atoms with Gasteiger partial charge in [0.2, 0.25) is 0 Å². The minimum absolute atomic E-state index is 0.259. The first-order valence-electron chi connectivity index (χ1n) is 9.35. The highest BCUT2D eigenvalue weighted by Gasteiger charge is 2.49. The third-order valence-electron chi connectivity index (χ3n) is 5.68. The predicted octanol–water partition coefficient (Wildman–Crippen LogP) is 2.47. The maximum atomic E-state index is 14.5. The molecule has 152 valence electrons. The van der Waals surface area contributed by atoms with Crippen molar-refractivity contribution in [2.24, 2.45) is 0 Å². The molecule has 2 N–H and O–H groups in total. The highest BCUT2D eigenvalue weighted by molar-refractivity contribution is 6.30. The zero-order valence-corrected chi connectivity index (χ0v) is 16.3. The van der Waals surface area contributed by atoms with Gasteiger partial charge in [-0.05, 0) is 36.6 Å². The molecule has 29 heavy (non-hydrogen) atoms. The fraction of sp³-hybridized carbons (Fsp3) is 0.400. The van der Waals surface area contributed by atoms with Crippen LogP contribution >= 0.6 is 11.6 Å². The maximum absolute atomic E-state index is 14.5. The van der Waals surface area contributed by atoms with Crippen molar-refractivity contribution in [2.45, 2.75) is 44.0 Å². The molecule has 3 aromatic rings. The SMILES string of the molecule is Cc1ncnc2c1c(F)cn2[C@@H]1O[C@H]([C@@H]2OCCc3cc(Cl)ccc32)[C@@H](O)[C@H]1O. The average Bonchev–Trinajstić information content (AvgIpc) is 3.19. The molecule has 2 aromatic heterocycles. The lowest BCUT2D eigenvalue weighted by Crippen LogP contribution is -2.37. The van der Waals surface area contributed by atoms with E-state index >= 15 is 0 Å². The molecule has 0 spiro atoms. The molecule has 0 amide bonds. The van der Waals surface area contributed by atoms with Crippen LogP contribution in [0.2, 0.25) is 5.02 Å². The van der Waals surface area contributed by atoms with Crippen LogP contribution in [-0.4, -0.2) is 49.7 Å². The van der Waals surface area contributed by atoms with E-state index in [2.05, 4.69) is 9.97 Å². The molecule has 0 bridgehead atoms. The monoisotopic (exact) mass is 419 g/mol. The molecule has 4 heterocycles. The summed E-state index contributed by atoms with van der Waals surface area (Å²) in [6.07, 6.45) is -1.70. The number of benzene rings is 1. The minimum atomic E-state index is -1.29. The van der Waals surface area contributed by atoms with Gasteiger partial charge in [-0.1, -0.05) is 17.7 Å². The van der Waals surface area contributed by atoms with Crippen molar-refractivity contribution in [1.82, 2.24) is 14.5 Å². The molecule has 0 unspecified atom stereocenters. The van der Waals surface area contributed by atoms with E-state index in [1.54, 1.807) is 13.0 Å². The number of halogens is 2. The molecular weight excluding hydrogens is 401 g/mol. The molecule has 2 aliphatic heterocycles. The Morgan fingerprint density at radius 2 is 2.07 bits per heavy atom. The zero-order chi connectivity index (χ0) is 20.3. The van der Waals surface area contributed by atoms with Gasteiger partial charge >= 0.3 is 0 Å². The van der Waals surface area contributed by atoms with E-state index in [4.69, 9.17) is 21.1 Å². The fourth-order valence-electron chi connectivity index (χ4n) is 4.27. The zero-order valence-electron chi connectivity index (χ0n) is 15.5. The first kappa shape index (κ1) is 18.9. The summed E-state index contributed by atoms with van der Waals surface area (Å²) in [6.45, 7) is 2.12. The Hall–Kier alpha value is -2.10. The number of fused-ring (bicyclic) bond motifs is 2. The molecule has 1 aromatic carbocycles. The van der Waals surface area contributed by atoms with Gasteiger partial charge < -0.3 is 24.3 Å². The van der Waals surface area contributed by atoms with Crippen LogP contribution in [0.15, 0.2) is 30.7 Å². The summed E-state index contributed by atoms with van der Waals surface area (Å²) in [5.41, 5.74) is 2.66.